The lowest BCUT2D eigenvalue weighted by molar-refractivity contribution is -0.143. The Labute approximate surface area is 163 Å². The zero-order valence-corrected chi connectivity index (χ0v) is 15.4. The molecule has 1 aromatic heterocycles. The van der Waals surface area contributed by atoms with E-state index in [1.807, 2.05) is 0 Å². The van der Waals surface area contributed by atoms with Crippen molar-refractivity contribution in [2.75, 3.05) is 13.1 Å². The molecule has 1 aliphatic rings. The zero-order valence-electron chi connectivity index (χ0n) is 15.4. The SMILES string of the molecule is FC(F)(F)c1cc(/C=C/c2noc(CN3CCCCCC3)n2)cc(C(F)(F)F)c1. The van der Waals surface area contributed by atoms with Gasteiger partial charge in [-0.05, 0) is 55.8 Å². The van der Waals surface area contributed by atoms with Crippen LogP contribution in [0, 0.1) is 0 Å². The van der Waals surface area contributed by atoms with Crippen molar-refractivity contribution in [3.8, 4) is 0 Å². The minimum Gasteiger partial charge on any atom is -0.338 e. The molecule has 1 saturated heterocycles. The van der Waals surface area contributed by atoms with E-state index in [9.17, 15) is 26.3 Å². The number of halogens is 6. The maximum Gasteiger partial charge on any atom is 0.416 e. The third-order valence-electron chi connectivity index (χ3n) is 4.58. The number of aromatic nitrogens is 2. The van der Waals surface area contributed by atoms with Crippen LogP contribution in [0.1, 0.15) is 54.1 Å². The van der Waals surface area contributed by atoms with Gasteiger partial charge in [-0.15, -0.1) is 0 Å². The number of nitrogens with zero attached hydrogens (tertiary/aromatic N) is 3. The molecule has 158 valence electrons. The average Bonchev–Trinajstić information content (AvgIpc) is 2.92. The second-order valence-electron chi connectivity index (χ2n) is 6.91. The van der Waals surface area contributed by atoms with E-state index in [0.29, 0.717) is 24.6 Å². The van der Waals surface area contributed by atoms with Crippen molar-refractivity contribution in [1.82, 2.24) is 15.0 Å². The van der Waals surface area contributed by atoms with Gasteiger partial charge in [0.05, 0.1) is 17.7 Å². The Kier molecular flexibility index (Phi) is 6.30. The number of likely N-dealkylation sites (tertiary alicyclic amines) is 1. The standard InChI is InChI=1S/C19H19F6N3O/c20-18(21,22)14-9-13(10-15(11-14)19(23,24)25)5-6-16-26-17(29-27-16)12-28-7-3-1-2-4-8-28/h5-6,9-11H,1-4,7-8,12H2/b6-5+. The highest BCUT2D eigenvalue weighted by molar-refractivity contribution is 5.67. The van der Waals surface area contributed by atoms with Gasteiger partial charge in [-0.25, -0.2) is 0 Å². The van der Waals surface area contributed by atoms with E-state index in [4.69, 9.17) is 4.52 Å². The van der Waals surface area contributed by atoms with Crippen LogP contribution in [-0.4, -0.2) is 28.1 Å². The lowest BCUT2D eigenvalue weighted by Crippen LogP contribution is -2.24. The van der Waals surface area contributed by atoms with Crippen molar-refractivity contribution in [3.63, 3.8) is 0 Å². The molecule has 0 saturated carbocycles. The highest BCUT2D eigenvalue weighted by Crippen LogP contribution is 2.36. The predicted molar refractivity (Wildman–Crippen MR) is 93.4 cm³/mol. The van der Waals surface area contributed by atoms with E-state index in [1.165, 1.54) is 18.9 Å². The second kappa shape index (κ2) is 8.56. The third kappa shape index (κ3) is 6.06. The van der Waals surface area contributed by atoms with E-state index in [2.05, 4.69) is 15.0 Å². The maximum atomic E-state index is 12.9. The predicted octanol–water partition coefficient (Wildman–Crippen LogP) is 5.65. The van der Waals surface area contributed by atoms with E-state index in [1.54, 1.807) is 0 Å². The number of rotatable bonds is 4. The van der Waals surface area contributed by atoms with Crippen LogP contribution in [0.4, 0.5) is 26.3 Å². The summed E-state index contributed by atoms with van der Waals surface area (Å²) in [6.45, 7) is 2.29. The zero-order chi connectivity index (χ0) is 21.1. The molecule has 0 spiro atoms. The number of hydrogen-bond acceptors (Lipinski definition) is 4. The quantitative estimate of drug-likeness (QED) is 0.601. The van der Waals surface area contributed by atoms with Gasteiger partial charge in [0.1, 0.15) is 0 Å². The summed E-state index contributed by atoms with van der Waals surface area (Å²) in [4.78, 5) is 6.32. The first-order valence-corrected chi connectivity index (χ1v) is 9.14. The van der Waals surface area contributed by atoms with Gasteiger partial charge in [0.2, 0.25) is 5.89 Å². The smallest absolute Gasteiger partial charge is 0.338 e. The van der Waals surface area contributed by atoms with Gasteiger partial charge >= 0.3 is 12.4 Å². The number of alkyl halides is 6. The molecule has 0 radical (unpaired) electrons. The van der Waals surface area contributed by atoms with E-state index >= 15 is 0 Å². The molecule has 4 nitrogen and oxygen atoms in total. The molecular weight excluding hydrogens is 400 g/mol. The molecule has 3 rings (SSSR count). The lowest BCUT2D eigenvalue weighted by Gasteiger charge is -2.16. The van der Waals surface area contributed by atoms with Gasteiger partial charge in [-0.2, -0.15) is 31.3 Å². The summed E-state index contributed by atoms with van der Waals surface area (Å²) < 4.78 is 82.6. The van der Waals surface area contributed by atoms with Gasteiger partial charge < -0.3 is 4.52 Å². The lowest BCUT2D eigenvalue weighted by atomic mass is 10.0. The Balaban J connectivity index is 1.76. The highest BCUT2D eigenvalue weighted by Gasteiger charge is 2.36. The van der Waals surface area contributed by atoms with Gasteiger partial charge in [0.15, 0.2) is 5.82 Å². The molecule has 0 aliphatic carbocycles. The maximum absolute atomic E-state index is 12.9. The first-order valence-electron chi connectivity index (χ1n) is 9.14. The van der Waals surface area contributed by atoms with Crippen LogP contribution in [-0.2, 0) is 18.9 Å². The summed E-state index contributed by atoms with van der Waals surface area (Å²) in [6.07, 6.45) is -2.95. The van der Waals surface area contributed by atoms with Crippen molar-refractivity contribution in [2.24, 2.45) is 0 Å². The van der Waals surface area contributed by atoms with Gasteiger partial charge in [-0.1, -0.05) is 24.1 Å². The fourth-order valence-corrected chi connectivity index (χ4v) is 3.13. The summed E-state index contributed by atoms with van der Waals surface area (Å²) in [5.74, 6) is 0.437. The van der Waals surface area contributed by atoms with Gasteiger partial charge in [0, 0.05) is 0 Å². The Morgan fingerprint density at radius 1 is 0.862 bits per heavy atom. The first kappa shape index (κ1) is 21.4. The van der Waals surface area contributed by atoms with Gasteiger partial charge in [0.25, 0.3) is 0 Å². The average molecular weight is 419 g/mol. The van der Waals surface area contributed by atoms with Crippen LogP contribution in [0.15, 0.2) is 22.7 Å². The largest absolute Gasteiger partial charge is 0.416 e. The molecule has 29 heavy (non-hydrogen) atoms. The second-order valence-corrected chi connectivity index (χ2v) is 6.91. The third-order valence-corrected chi connectivity index (χ3v) is 4.58. The topological polar surface area (TPSA) is 42.2 Å². The Morgan fingerprint density at radius 3 is 2.00 bits per heavy atom. The molecule has 0 N–H and O–H groups in total. The molecular formula is C19H19F6N3O. The van der Waals surface area contributed by atoms with Crippen molar-refractivity contribution in [1.29, 1.82) is 0 Å². The summed E-state index contributed by atoms with van der Waals surface area (Å²) in [5, 5.41) is 3.72. The number of hydrogen-bond donors (Lipinski definition) is 0. The summed E-state index contributed by atoms with van der Waals surface area (Å²) in [6, 6.07) is 1.37. The molecule has 1 aliphatic heterocycles. The Hall–Kier alpha value is -2.36. The van der Waals surface area contributed by atoms with Crippen molar-refractivity contribution < 1.29 is 30.9 Å². The van der Waals surface area contributed by atoms with Crippen LogP contribution >= 0.6 is 0 Å². The summed E-state index contributed by atoms with van der Waals surface area (Å²) in [5.41, 5.74) is -3.00. The summed E-state index contributed by atoms with van der Waals surface area (Å²) >= 11 is 0. The molecule has 1 fully saturated rings. The first-order chi connectivity index (χ1) is 13.6. The van der Waals surface area contributed by atoms with Crippen molar-refractivity contribution in [2.45, 2.75) is 44.6 Å². The molecule has 0 amide bonds. The molecule has 0 bridgehead atoms. The van der Waals surface area contributed by atoms with Gasteiger partial charge in [-0.3, -0.25) is 4.90 Å². The molecule has 0 atom stereocenters. The normalized spacial score (nSPS) is 17.0. The molecule has 2 heterocycles. The van der Waals surface area contributed by atoms with E-state index < -0.39 is 23.5 Å². The van der Waals surface area contributed by atoms with Crippen LogP contribution in [0.3, 0.4) is 0 Å². The minimum absolute atomic E-state index is 0.0841. The molecule has 10 heteroatoms. The van der Waals surface area contributed by atoms with E-state index in [0.717, 1.165) is 32.0 Å². The van der Waals surface area contributed by atoms with E-state index in [-0.39, 0.29) is 17.5 Å². The fraction of sp³-hybridized carbons (Fsp3) is 0.474. The van der Waals surface area contributed by atoms with Crippen LogP contribution in [0.5, 0.6) is 0 Å². The minimum atomic E-state index is -4.89. The monoisotopic (exact) mass is 419 g/mol. The fourth-order valence-electron chi connectivity index (χ4n) is 3.13. The Morgan fingerprint density at radius 2 is 1.45 bits per heavy atom. The van der Waals surface area contributed by atoms with Crippen LogP contribution in [0.2, 0.25) is 0 Å². The molecule has 0 unspecified atom stereocenters. The Bertz CT molecular complexity index is 816. The van der Waals surface area contributed by atoms with Crippen molar-refractivity contribution in [3.05, 3.63) is 46.6 Å². The number of benzene rings is 1. The van der Waals surface area contributed by atoms with Crippen LogP contribution < -0.4 is 0 Å². The molecule has 2 aromatic rings. The van der Waals surface area contributed by atoms with Crippen LogP contribution in [0.25, 0.3) is 12.2 Å². The summed E-state index contributed by atoms with van der Waals surface area (Å²) in [7, 11) is 0. The molecule has 1 aromatic carbocycles. The highest BCUT2D eigenvalue weighted by atomic mass is 19.4. The van der Waals surface area contributed by atoms with Crippen molar-refractivity contribution >= 4 is 12.2 Å².